The van der Waals surface area contributed by atoms with E-state index in [1.165, 1.54) is 17.7 Å². The van der Waals surface area contributed by atoms with Crippen molar-refractivity contribution in [3.05, 3.63) is 89.2 Å². The van der Waals surface area contributed by atoms with Gasteiger partial charge in [-0.1, -0.05) is 35.9 Å². The van der Waals surface area contributed by atoms with Crippen molar-refractivity contribution in [2.24, 2.45) is 5.92 Å². The number of rotatable bonds is 7. The van der Waals surface area contributed by atoms with E-state index in [0.717, 1.165) is 36.4 Å². The van der Waals surface area contributed by atoms with Crippen LogP contribution in [0.1, 0.15) is 17.5 Å². The van der Waals surface area contributed by atoms with Crippen molar-refractivity contribution in [2.75, 3.05) is 0 Å². The molecule has 24 heavy (non-hydrogen) atoms. The minimum absolute atomic E-state index is 0.189. The first-order chi connectivity index (χ1) is 11.7. The van der Waals surface area contributed by atoms with E-state index in [0.29, 0.717) is 5.92 Å². The molecule has 0 fully saturated rings. The Kier molecular flexibility index (Phi) is 5.65. The van der Waals surface area contributed by atoms with E-state index in [-0.39, 0.29) is 5.82 Å². The third-order valence-electron chi connectivity index (χ3n) is 4.22. The average molecular weight is 343 g/mol. The van der Waals surface area contributed by atoms with E-state index in [2.05, 4.69) is 21.7 Å². The first-order valence-corrected chi connectivity index (χ1v) is 8.51. The highest BCUT2D eigenvalue weighted by Gasteiger charge is 2.11. The van der Waals surface area contributed by atoms with E-state index >= 15 is 0 Å². The Morgan fingerprint density at radius 2 is 1.71 bits per heavy atom. The SMILES string of the molecule is Fc1ccc(CC(CCc2ccc(Cl)cc2)Cn2ccnc2)cc1. The third kappa shape index (κ3) is 4.93. The number of aryl methyl sites for hydroxylation is 1. The van der Waals surface area contributed by atoms with Gasteiger partial charge in [0, 0.05) is 24.0 Å². The predicted molar refractivity (Wildman–Crippen MR) is 95.6 cm³/mol. The molecule has 124 valence electrons. The zero-order chi connectivity index (χ0) is 16.8. The zero-order valence-corrected chi connectivity index (χ0v) is 14.2. The summed E-state index contributed by atoms with van der Waals surface area (Å²) in [4.78, 5) is 4.12. The summed E-state index contributed by atoms with van der Waals surface area (Å²) in [5.41, 5.74) is 2.45. The van der Waals surface area contributed by atoms with Crippen LogP contribution in [0.4, 0.5) is 4.39 Å². The summed E-state index contributed by atoms with van der Waals surface area (Å²) >= 11 is 5.95. The minimum atomic E-state index is -0.189. The third-order valence-corrected chi connectivity index (χ3v) is 4.47. The highest BCUT2D eigenvalue weighted by Crippen LogP contribution is 2.19. The molecule has 0 aliphatic rings. The van der Waals surface area contributed by atoms with Gasteiger partial charge in [0.05, 0.1) is 6.33 Å². The average Bonchev–Trinajstić information content (AvgIpc) is 3.09. The Morgan fingerprint density at radius 3 is 2.38 bits per heavy atom. The summed E-state index contributed by atoms with van der Waals surface area (Å²) in [6.45, 7) is 0.908. The summed E-state index contributed by atoms with van der Waals surface area (Å²) in [5.74, 6) is 0.270. The lowest BCUT2D eigenvalue weighted by Gasteiger charge is -2.18. The molecule has 1 atom stereocenters. The second kappa shape index (κ2) is 8.11. The standard InChI is InChI=1S/C20H20ClFN2/c21-19-7-3-16(4-8-19)1-2-18(14-24-12-11-23-15-24)13-17-5-9-20(22)10-6-17/h3-12,15,18H,1-2,13-14H2. The fourth-order valence-electron chi connectivity index (χ4n) is 2.93. The van der Waals surface area contributed by atoms with Crippen LogP contribution in [0.5, 0.6) is 0 Å². The minimum Gasteiger partial charge on any atom is -0.337 e. The van der Waals surface area contributed by atoms with Crippen molar-refractivity contribution in [1.29, 1.82) is 0 Å². The Morgan fingerprint density at radius 1 is 1.00 bits per heavy atom. The molecule has 0 saturated carbocycles. The first-order valence-electron chi connectivity index (χ1n) is 8.13. The molecule has 1 aromatic heterocycles. The number of benzene rings is 2. The second-order valence-electron chi connectivity index (χ2n) is 6.12. The fraction of sp³-hybridized carbons (Fsp3) is 0.250. The van der Waals surface area contributed by atoms with Crippen LogP contribution in [0.15, 0.2) is 67.3 Å². The van der Waals surface area contributed by atoms with Crippen molar-refractivity contribution < 1.29 is 4.39 Å². The maximum absolute atomic E-state index is 13.1. The zero-order valence-electron chi connectivity index (χ0n) is 13.4. The van der Waals surface area contributed by atoms with Crippen LogP contribution in [-0.4, -0.2) is 9.55 Å². The highest BCUT2D eigenvalue weighted by atomic mass is 35.5. The number of hydrogen-bond donors (Lipinski definition) is 0. The molecule has 0 spiro atoms. The van der Waals surface area contributed by atoms with Gasteiger partial charge in [0.25, 0.3) is 0 Å². The van der Waals surface area contributed by atoms with Gasteiger partial charge in [-0.05, 0) is 60.6 Å². The van der Waals surface area contributed by atoms with Gasteiger partial charge in [-0.3, -0.25) is 0 Å². The van der Waals surface area contributed by atoms with Crippen LogP contribution >= 0.6 is 11.6 Å². The predicted octanol–water partition coefficient (Wildman–Crippen LogP) is 5.17. The normalized spacial score (nSPS) is 12.2. The number of aromatic nitrogens is 2. The number of halogens is 2. The quantitative estimate of drug-likeness (QED) is 0.579. The van der Waals surface area contributed by atoms with E-state index in [1.54, 1.807) is 6.20 Å². The topological polar surface area (TPSA) is 17.8 Å². The molecule has 0 aliphatic heterocycles. The lowest BCUT2D eigenvalue weighted by molar-refractivity contribution is 0.412. The number of nitrogens with zero attached hydrogens (tertiary/aromatic N) is 2. The van der Waals surface area contributed by atoms with Crippen molar-refractivity contribution in [3.8, 4) is 0 Å². The summed E-state index contributed by atoms with van der Waals surface area (Å²) in [6.07, 6.45) is 8.61. The lowest BCUT2D eigenvalue weighted by atomic mass is 9.92. The largest absolute Gasteiger partial charge is 0.337 e. The molecule has 0 radical (unpaired) electrons. The molecule has 1 unspecified atom stereocenters. The van der Waals surface area contributed by atoms with E-state index in [4.69, 9.17) is 11.6 Å². The van der Waals surface area contributed by atoms with Gasteiger partial charge < -0.3 is 4.57 Å². The highest BCUT2D eigenvalue weighted by molar-refractivity contribution is 6.30. The van der Waals surface area contributed by atoms with Gasteiger partial charge in [-0.2, -0.15) is 0 Å². The van der Waals surface area contributed by atoms with Gasteiger partial charge in [0.2, 0.25) is 0 Å². The van der Waals surface area contributed by atoms with Crippen molar-refractivity contribution in [1.82, 2.24) is 9.55 Å². The Bertz CT molecular complexity index is 736. The molecular weight excluding hydrogens is 323 g/mol. The monoisotopic (exact) mass is 342 g/mol. The van der Waals surface area contributed by atoms with Gasteiger partial charge in [-0.15, -0.1) is 0 Å². The van der Waals surface area contributed by atoms with Crippen molar-refractivity contribution in [3.63, 3.8) is 0 Å². The summed E-state index contributed by atoms with van der Waals surface area (Å²) < 4.78 is 15.2. The van der Waals surface area contributed by atoms with Crippen LogP contribution in [0.2, 0.25) is 5.02 Å². The molecule has 4 heteroatoms. The fourth-order valence-corrected chi connectivity index (χ4v) is 3.05. The van der Waals surface area contributed by atoms with Gasteiger partial charge in [0.15, 0.2) is 0 Å². The Labute approximate surface area is 146 Å². The summed E-state index contributed by atoms with van der Waals surface area (Å²) in [7, 11) is 0. The first kappa shape index (κ1) is 16.7. The summed E-state index contributed by atoms with van der Waals surface area (Å²) in [5, 5.41) is 0.764. The van der Waals surface area contributed by atoms with Crippen LogP contribution in [-0.2, 0) is 19.4 Å². The maximum atomic E-state index is 13.1. The van der Waals surface area contributed by atoms with Crippen molar-refractivity contribution >= 4 is 11.6 Å². The molecule has 0 aliphatic carbocycles. The smallest absolute Gasteiger partial charge is 0.123 e. The van der Waals surface area contributed by atoms with Crippen LogP contribution in [0.25, 0.3) is 0 Å². The van der Waals surface area contributed by atoms with Gasteiger partial charge in [-0.25, -0.2) is 9.37 Å². The molecule has 0 bridgehead atoms. The van der Waals surface area contributed by atoms with Crippen LogP contribution < -0.4 is 0 Å². The number of imidazole rings is 1. The molecule has 3 aromatic rings. The van der Waals surface area contributed by atoms with E-state index in [1.807, 2.05) is 36.8 Å². The second-order valence-corrected chi connectivity index (χ2v) is 6.56. The van der Waals surface area contributed by atoms with Crippen LogP contribution in [0, 0.1) is 11.7 Å². The Hall–Kier alpha value is -2.13. The molecule has 0 saturated heterocycles. The molecule has 3 rings (SSSR count). The molecule has 1 heterocycles. The van der Waals surface area contributed by atoms with E-state index in [9.17, 15) is 4.39 Å². The number of hydrogen-bond acceptors (Lipinski definition) is 1. The lowest BCUT2D eigenvalue weighted by Crippen LogP contribution is -2.14. The van der Waals surface area contributed by atoms with Gasteiger partial charge in [0.1, 0.15) is 5.82 Å². The molecule has 0 amide bonds. The molecular formula is C20H20ClFN2. The Balaban J connectivity index is 1.66. The molecule has 2 aromatic carbocycles. The molecule has 0 N–H and O–H groups in total. The molecule has 2 nitrogen and oxygen atoms in total. The maximum Gasteiger partial charge on any atom is 0.123 e. The van der Waals surface area contributed by atoms with E-state index < -0.39 is 0 Å². The van der Waals surface area contributed by atoms with Crippen LogP contribution in [0.3, 0.4) is 0 Å². The van der Waals surface area contributed by atoms with Crippen molar-refractivity contribution in [2.45, 2.75) is 25.8 Å². The van der Waals surface area contributed by atoms with Gasteiger partial charge >= 0.3 is 0 Å². The summed E-state index contributed by atoms with van der Waals surface area (Å²) in [6, 6.07) is 14.8.